The number of methoxy groups -OCH3 is 1. The molecule has 2 N–H and O–H groups in total. The second-order valence-corrected chi connectivity index (χ2v) is 6.48. The molecule has 0 fully saturated rings. The number of ether oxygens (including phenoxy) is 1. The van der Waals surface area contributed by atoms with E-state index in [4.69, 9.17) is 4.74 Å². The highest BCUT2D eigenvalue weighted by Crippen LogP contribution is 2.23. The van der Waals surface area contributed by atoms with Gasteiger partial charge >= 0.3 is 0 Å². The number of fused-ring (bicyclic) bond motifs is 1. The smallest absolute Gasteiger partial charge is 0.228 e. The van der Waals surface area contributed by atoms with Gasteiger partial charge in [-0.1, -0.05) is 12.1 Å². The number of benzene rings is 2. The predicted octanol–water partition coefficient (Wildman–Crippen LogP) is 3.88. The van der Waals surface area contributed by atoms with Crippen LogP contribution in [-0.2, 0) is 11.2 Å². The standard InChI is InChI=1S/C19H16N4O2S/c1-25-14-5-2-12(3-6-14)8-18(24)21-13-4-7-15-16(9-13)23-19(22-15)17-10-26-11-20-17/h2-7,9-11H,8H2,1H3,(H,21,24)(H,22,23). The second-order valence-electron chi connectivity index (χ2n) is 5.76. The molecule has 2 heterocycles. The average Bonchev–Trinajstić information content (AvgIpc) is 3.31. The third-order valence-electron chi connectivity index (χ3n) is 3.96. The van der Waals surface area contributed by atoms with Gasteiger partial charge in [0.15, 0.2) is 5.82 Å². The molecular formula is C19H16N4O2S. The summed E-state index contributed by atoms with van der Waals surface area (Å²) >= 11 is 1.52. The van der Waals surface area contributed by atoms with Crippen molar-refractivity contribution in [3.8, 4) is 17.3 Å². The minimum Gasteiger partial charge on any atom is -0.497 e. The number of aromatic nitrogens is 3. The average molecular weight is 364 g/mol. The Bertz CT molecular complexity index is 1040. The molecule has 0 unspecified atom stereocenters. The van der Waals surface area contributed by atoms with Gasteiger partial charge in [0, 0.05) is 11.1 Å². The molecule has 7 heteroatoms. The first-order valence-corrected chi connectivity index (χ1v) is 8.96. The highest BCUT2D eigenvalue weighted by atomic mass is 32.1. The van der Waals surface area contributed by atoms with Crippen molar-refractivity contribution in [3.63, 3.8) is 0 Å². The number of imidazole rings is 1. The molecule has 4 rings (SSSR count). The Balaban J connectivity index is 1.48. The lowest BCUT2D eigenvalue weighted by Gasteiger charge is -2.06. The number of aromatic amines is 1. The van der Waals surface area contributed by atoms with Gasteiger partial charge in [-0.2, -0.15) is 0 Å². The van der Waals surface area contributed by atoms with Crippen LogP contribution in [0.4, 0.5) is 5.69 Å². The first-order valence-electron chi connectivity index (χ1n) is 8.02. The first-order chi connectivity index (χ1) is 12.7. The van der Waals surface area contributed by atoms with E-state index in [0.29, 0.717) is 6.42 Å². The molecule has 0 aliphatic heterocycles. The van der Waals surface area contributed by atoms with Crippen molar-refractivity contribution in [2.24, 2.45) is 0 Å². The quantitative estimate of drug-likeness (QED) is 0.563. The molecule has 0 radical (unpaired) electrons. The van der Waals surface area contributed by atoms with Crippen molar-refractivity contribution in [2.45, 2.75) is 6.42 Å². The van der Waals surface area contributed by atoms with Crippen LogP contribution in [0.3, 0.4) is 0 Å². The van der Waals surface area contributed by atoms with Crippen molar-refractivity contribution in [2.75, 3.05) is 12.4 Å². The maximum absolute atomic E-state index is 12.3. The van der Waals surface area contributed by atoms with E-state index in [2.05, 4.69) is 20.3 Å². The molecule has 0 spiro atoms. The predicted molar refractivity (Wildman–Crippen MR) is 103 cm³/mol. The van der Waals surface area contributed by atoms with E-state index in [9.17, 15) is 4.79 Å². The van der Waals surface area contributed by atoms with Gasteiger partial charge in [-0.3, -0.25) is 4.79 Å². The third-order valence-corrected chi connectivity index (χ3v) is 4.55. The zero-order valence-corrected chi connectivity index (χ0v) is 14.8. The summed E-state index contributed by atoms with van der Waals surface area (Å²) in [7, 11) is 1.62. The topological polar surface area (TPSA) is 79.9 Å². The van der Waals surface area contributed by atoms with Crippen LogP contribution in [-0.4, -0.2) is 28.0 Å². The van der Waals surface area contributed by atoms with Gasteiger partial charge in [0.25, 0.3) is 0 Å². The molecule has 0 atom stereocenters. The number of nitrogens with one attached hydrogen (secondary N) is 2. The molecule has 0 bridgehead atoms. The summed E-state index contributed by atoms with van der Waals surface area (Å²) in [5.74, 6) is 1.42. The minimum absolute atomic E-state index is 0.0752. The van der Waals surface area contributed by atoms with Gasteiger partial charge in [0.1, 0.15) is 11.4 Å². The molecule has 0 saturated heterocycles. The summed E-state index contributed by atoms with van der Waals surface area (Å²) in [6, 6.07) is 13.1. The molecule has 0 saturated carbocycles. The van der Waals surface area contributed by atoms with Gasteiger partial charge in [-0.05, 0) is 35.9 Å². The van der Waals surface area contributed by atoms with E-state index < -0.39 is 0 Å². The highest BCUT2D eigenvalue weighted by Gasteiger charge is 2.09. The number of carbonyl (C=O) groups is 1. The summed E-state index contributed by atoms with van der Waals surface area (Å²) in [5, 5.41) is 4.86. The lowest BCUT2D eigenvalue weighted by Crippen LogP contribution is -2.14. The number of rotatable bonds is 5. The molecule has 4 aromatic rings. The van der Waals surface area contributed by atoms with Crippen LogP contribution in [0.15, 0.2) is 53.4 Å². The number of thiazole rings is 1. The Kier molecular flexibility index (Phi) is 4.37. The molecule has 2 aromatic heterocycles. The summed E-state index contributed by atoms with van der Waals surface area (Å²) in [6.07, 6.45) is 0.301. The Labute approximate surface area is 153 Å². The van der Waals surface area contributed by atoms with Gasteiger partial charge in [0.05, 0.1) is 30.1 Å². The van der Waals surface area contributed by atoms with E-state index in [1.165, 1.54) is 11.3 Å². The van der Waals surface area contributed by atoms with Crippen LogP contribution >= 0.6 is 11.3 Å². The Morgan fingerprint density at radius 2 is 2.08 bits per heavy atom. The summed E-state index contributed by atoms with van der Waals surface area (Å²) < 4.78 is 5.13. The number of hydrogen-bond acceptors (Lipinski definition) is 5. The van der Waals surface area contributed by atoms with Crippen LogP contribution in [0.1, 0.15) is 5.56 Å². The normalized spacial score (nSPS) is 10.8. The van der Waals surface area contributed by atoms with Crippen molar-refractivity contribution >= 4 is 34.0 Å². The molecule has 2 aromatic carbocycles. The number of carbonyl (C=O) groups excluding carboxylic acids is 1. The number of H-pyrrole nitrogens is 1. The zero-order valence-electron chi connectivity index (χ0n) is 14.0. The van der Waals surface area contributed by atoms with E-state index in [-0.39, 0.29) is 5.91 Å². The minimum atomic E-state index is -0.0752. The van der Waals surface area contributed by atoms with Gasteiger partial charge in [0.2, 0.25) is 5.91 Å². The number of amides is 1. The molecule has 6 nitrogen and oxygen atoms in total. The lowest BCUT2D eigenvalue weighted by atomic mass is 10.1. The number of hydrogen-bond donors (Lipinski definition) is 2. The molecule has 130 valence electrons. The lowest BCUT2D eigenvalue weighted by molar-refractivity contribution is -0.115. The van der Waals surface area contributed by atoms with Crippen molar-refractivity contribution in [1.29, 1.82) is 0 Å². The largest absolute Gasteiger partial charge is 0.497 e. The van der Waals surface area contributed by atoms with E-state index in [1.807, 2.05) is 47.8 Å². The SMILES string of the molecule is COc1ccc(CC(=O)Nc2ccc3nc(-c4cscn4)[nH]c3c2)cc1. The van der Waals surface area contributed by atoms with Gasteiger partial charge < -0.3 is 15.0 Å². The molecule has 26 heavy (non-hydrogen) atoms. The maximum Gasteiger partial charge on any atom is 0.228 e. The highest BCUT2D eigenvalue weighted by molar-refractivity contribution is 7.07. The number of nitrogens with zero attached hydrogens (tertiary/aromatic N) is 2. The fourth-order valence-corrected chi connectivity index (χ4v) is 3.21. The maximum atomic E-state index is 12.3. The fourth-order valence-electron chi connectivity index (χ4n) is 2.67. The van der Waals surface area contributed by atoms with Crippen LogP contribution in [0.2, 0.25) is 0 Å². The van der Waals surface area contributed by atoms with Crippen molar-refractivity contribution in [1.82, 2.24) is 15.0 Å². The monoisotopic (exact) mass is 364 g/mol. The van der Waals surface area contributed by atoms with Crippen molar-refractivity contribution < 1.29 is 9.53 Å². The summed E-state index contributed by atoms with van der Waals surface area (Å²) in [4.78, 5) is 24.3. The van der Waals surface area contributed by atoms with Gasteiger partial charge in [-0.25, -0.2) is 9.97 Å². The van der Waals surface area contributed by atoms with Crippen LogP contribution in [0.25, 0.3) is 22.6 Å². The Hall–Kier alpha value is -3.19. The van der Waals surface area contributed by atoms with E-state index >= 15 is 0 Å². The Morgan fingerprint density at radius 1 is 1.23 bits per heavy atom. The summed E-state index contributed by atoms with van der Waals surface area (Å²) in [5.41, 5.74) is 5.93. The number of anilines is 1. The second kappa shape index (κ2) is 6.97. The van der Waals surface area contributed by atoms with Crippen LogP contribution in [0.5, 0.6) is 5.75 Å². The fraction of sp³-hybridized carbons (Fsp3) is 0.105. The Morgan fingerprint density at radius 3 is 2.81 bits per heavy atom. The van der Waals surface area contributed by atoms with Crippen LogP contribution in [0, 0.1) is 0 Å². The molecular weight excluding hydrogens is 348 g/mol. The van der Waals surface area contributed by atoms with Crippen molar-refractivity contribution in [3.05, 3.63) is 58.9 Å². The third kappa shape index (κ3) is 3.43. The molecule has 1 amide bonds. The van der Waals surface area contributed by atoms with E-state index in [1.54, 1.807) is 12.6 Å². The summed E-state index contributed by atoms with van der Waals surface area (Å²) in [6.45, 7) is 0. The van der Waals surface area contributed by atoms with Gasteiger partial charge in [-0.15, -0.1) is 11.3 Å². The molecule has 0 aliphatic rings. The van der Waals surface area contributed by atoms with Crippen LogP contribution < -0.4 is 10.1 Å². The van der Waals surface area contributed by atoms with E-state index in [0.717, 1.165) is 39.6 Å². The molecule has 0 aliphatic carbocycles. The zero-order chi connectivity index (χ0) is 17.9. The first kappa shape index (κ1) is 16.3.